The van der Waals surface area contributed by atoms with E-state index in [1.165, 1.54) is 16.7 Å². The van der Waals surface area contributed by atoms with Gasteiger partial charge in [-0.15, -0.1) is 0 Å². The standard InChI is InChI=1S/C25H30ClFN4S/c26-19-4-7-21-23(16-19)22(18-2-5-20(27)6-3-18)17-24(21)30-13-10-29(11-14-30)12-15-31-9-1-8-28-25(31)32/h2-7,16,22,24H,1,8-15,17H2,(H,28,32)/t22-,24+/m0/s1. The molecule has 4 nitrogen and oxygen atoms in total. The van der Waals surface area contributed by atoms with Gasteiger partial charge in [0.05, 0.1) is 0 Å². The zero-order valence-electron chi connectivity index (χ0n) is 18.3. The fraction of sp³-hybridized carbons (Fsp3) is 0.480. The second-order valence-corrected chi connectivity index (χ2v) is 9.90. The predicted octanol–water partition coefficient (Wildman–Crippen LogP) is 4.25. The van der Waals surface area contributed by atoms with Crippen LogP contribution in [0, 0.1) is 5.82 Å². The first kappa shape index (κ1) is 22.1. The predicted molar refractivity (Wildman–Crippen MR) is 132 cm³/mol. The molecule has 0 spiro atoms. The summed E-state index contributed by atoms with van der Waals surface area (Å²) in [6.45, 7) is 8.41. The average Bonchev–Trinajstić information content (AvgIpc) is 3.18. The lowest BCUT2D eigenvalue weighted by molar-refractivity contribution is 0.0910. The summed E-state index contributed by atoms with van der Waals surface area (Å²) in [6, 6.07) is 13.7. The molecule has 0 saturated carbocycles. The smallest absolute Gasteiger partial charge is 0.168 e. The summed E-state index contributed by atoms with van der Waals surface area (Å²) in [5.74, 6) is 0.0757. The highest BCUT2D eigenvalue weighted by molar-refractivity contribution is 7.80. The molecule has 5 rings (SSSR count). The van der Waals surface area contributed by atoms with Crippen molar-refractivity contribution in [3.63, 3.8) is 0 Å². The third kappa shape index (κ3) is 4.65. The zero-order valence-corrected chi connectivity index (χ0v) is 19.8. The number of thiocarbonyl (C=S) groups is 1. The van der Waals surface area contributed by atoms with E-state index in [1.807, 2.05) is 18.2 Å². The number of benzene rings is 2. The van der Waals surface area contributed by atoms with Crippen LogP contribution in [0.5, 0.6) is 0 Å². The second-order valence-electron chi connectivity index (χ2n) is 9.08. The van der Waals surface area contributed by atoms with E-state index in [4.69, 9.17) is 23.8 Å². The van der Waals surface area contributed by atoms with Gasteiger partial charge in [-0.3, -0.25) is 9.80 Å². The number of hydrogen-bond acceptors (Lipinski definition) is 3. The molecule has 0 bridgehead atoms. The van der Waals surface area contributed by atoms with Crippen molar-refractivity contribution in [2.75, 3.05) is 52.4 Å². The molecule has 2 aromatic rings. The summed E-state index contributed by atoms with van der Waals surface area (Å²) in [7, 11) is 0. The number of nitrogens with one attached hydrogen (secondary N) is 1. The molecule has 7 heteroatoms. The minimum absolute atomic E-state index is 0.188. The van der Waals surface area contributed by atoms with Gasteiger partial charge in [0.25, 0.3) is 0 Å². The van der Waals surface area contributed by atoms with Crippen molar-refractivity contribution < 1.29 is 4.39 Å². The molecule has 1 aliphatic carbocycles. The van der Waals surface area contributed by atoms with Gasteiger partial charge < -0.3 is 10.2 Å². The van der Waals surface area contributed by atoms with Gasteiger partial charge in [-0.2, -0.15) is 0 Å². The number of piperazine rings is 1. The third-order valence-corrected chi connectivity index (χ3v) is 7.85. The molecule has 2 saturated heterocycles. The Morgan fingerprint density at radius 1 is 0.969 bits per heavy atom. The van der Waals surface area contributed by atoms with Crippen LogP contribution in [0.1, 0.15) is 41.5 Å². The normalized spacial score (nSPS) is 24.4. The van der Waals surface area contributed by atoms with Crippen LogP contribution in [0.25, 0.3) is 0 Å². The van der Waals surface area contributed by atoms with Crippen molar-refractivity contribution >= 4 is 28.9 Å². The van der Waals surface area contributed by atoms with Crippen LogP contribution in [0.3, 0.4) is 0 Å². The van der Waals surface area contributed by atoms with E-state index in [1.54, 1.807) is 12.1 Å². The Kier molecular flexibility index (Phi) is 6.65. The molecule has 3 aliphatic rings. The molecule has 170 valence electrons. The quantitative estimate of drug-likeness (QED) is 0.655. The maximum Gasteiger partial charge on any atom is 0.168 e. The van der Waals surface area contributed by atoms with Crippen molar-refractivity contribution in [1.29, 1.82) is 0 Å². The van der Waals surface area contributed by atoms with E-state index in [9.17, 15) is 4.39 Å². The Bertz CT molecular complexity index is 961. The molecule has 0 aromatic heterocycles. The molecular formula is C25H30ClFN4S. The number of rotatable bonds is 5. The molecular weight excluding hydrogens is 443 g/mol. The van der Waals surface area contributed by atoms with Gasteiger partial charge in [-0.05, 0) is 66.0 Å². The van der Waals surface area contributed by atoms with E-state index < -0.39 is 0 Å². The lowest BCUT2D eigenvalue weighted by Crippen LogP contribution is -2.52. The molecule has 2 heterocycles. The number of halogens is 2. The Morgan fingerprint density at radius 2 is 1.75 bits per heavy atom. The molecule has 32 heavy (non-hydrogen) atoms. The summed E-state index contributed by atoms with van der Waals surface area (Å²) in [6.07, 6.45) is 2.18. The Balaban J connectivity index is 1.24. The molecule has 0 unspecified atom stereocenters. The molecule has 2 fully saturated rings. The van der Waals surface area contributed by atoms with Gasteiger partial charge in [0.1, 0.15) is 5.82 Å². The van der Waals surface area contributed by atoms with Crippen molar-refractivity contribution in [3.05, 3.63) is 70.0 Å². The van der Waals surface area contributed by atoms with Crippen LogP contribution in [-0.4, -0.2) is 72.2 Å². The van der Waals surface area contributed by atoms with Gasteiger partial charge in [-0.1, -0.05) is 29.8 Å². The largest absolute Gasteiger partial charge is 0.362 e. The Morgan fingerprint density at radius 3 is 2.50 bits per heavy atom. The van der Waals surface area contributed by atoms with Gasteiger partial charge in [0.15, 0.2) is 5.11 Å². The summed E-state index contributed by atoms with van der Waals surface area (Å²) in [4.78, 5) is 7.48. The van der Waals surface area contributed by atoms with Crippen LogP contribution in [0.4, 0.5) is 4.39 Å². The minimum atomic E-state index is -0.188. The maximum absolute atomic E-state index is 13.5. The summed E-state index contributed by atoms with van der Waals surface area (Å²) >= 11 is 11.8. The molecule has 0 radical (unpaired) electrons. The van der Waals surface area contributed by atoms with E-state index in [0.717, 1.165) is 75.3 Å². The molecule has 1 N–H and O–H groups in total. The number of hydrogen-bond donors (Lipinski definition) is 1. The van der Waals surface area contributed by atoms with Crippen molar-refractivity contribution in [1.82, 2.24) is 20.0 Å². The third-order valence-electron chi connectivity index (χ3n) is 7.22. The Hall–Kier alpha value is -1.73. The van der Waals surface area contributed by atoms with Crippen molar-refractivity contribution in [2.24, 2.45) is 0 Å². The molecule has 2 atom stereocenters. The first-order chi connectivity index (χ1) is 15.6. The van der Waals surface area contributed by atoms with Gasteiger partial charge in [0.2, 0.25) is 0 Å². The van der Waals surface area contributed by atoms with E-state index >= 15 is 0 Å². The van der Waals surface area contributed by atoms with Crippen LogP contribution in [0.15, 0.2) is 42.5 Å². The summed E-state index contributed by atoms with van der Waals surface area (Å²) in [5.41, 5.74) is 3.84. The van der Waals surface area contributed by atoms with Crippen LogP contribution >= 0.6 is 23.8 Å². The summed E-state index contributed by atoms with van der Waals surface area (Å²) < 4.78 is 13.5. The minimum Gasteiger partial charge on any atom is -0.362 e. The van der Waals surface area contributed by atoms with E-state index in [0.29, 0.717) is 6.04 Å². The van der Waals surface area contributed by atoms with Crippen LogP contribution < -0.4 is 5.32 Å². The fourth-order valence-electron chi connectivity index (χ4n) is 5.44. The fourth-order valence-corrected chi connectivity index (χ4v) is 5.90. The topological polar surface area (TPSA) is 21.8 Å². The summed E-state index contributed by atoms with van der Waals surface area (Å²) in [5, 5.41) is 4.97. The van der Waals surface area contributed by atoms with E-state index in [2.05, 4.69) is 32.1 Å². The number of nitrogens with zero attached hydrogens (tertiary/aromatic N) is 3. The Labute approximate surface area is 200 Å². The first-order valence-corrected chi connectivity index (χ1v) is 12.4. The van der Waals surface area contributed by atoms with Gasteiger partial charge in [-0.25, -0.2) is 4.39 Å². The number of fused-ring (bicyclic) bond motifs is 1. The van der Waals surface area contributed by atoms with Crippen LogP contribution in [0.2, 0.25) is 5.02 Å². The van der Waals surface area contributed by atoms with Crippen molar-refractivity contribution in [3.8, 4) is 0 Å². The second kappa shape index (κ2) is 9.64. The molecule has 2 aromatic carbocycles. The maximum atomic E-state index is 13.5. The van der Waals surface area contributed by atoms with Crippen LogP contribution in [-0.2, 0) is 0 Å². The average molecular weight is 473 g/mol. The first-order valence-electron chi connectivity index (χ1n) is 11.6. The highest BCUT2D eigenvalue weighted by Gasteiger charge is 2.36. The van der Waals surface area contributed by atoms with Crippen molar-refractivity contribution in [2.45, 2.75) is 24.8 Å². The lowest BCUT2D eigenvalue weighted by Gasteiger charge is -2.39. The van der Waals surface area contributed by atoms with Gasteiger partial charge in [0, 0.05) is 69.3 Å². The zero-order chi connectivity index (χ0) is 22.1. The lowest BCUT2D eigenvalue weighted by atomic mass is 9.93. The molecule has 0 amide bonds. The highest BCUT2D eigenvalue weighted by Crippen LogP contribution is 2.47. The SMILES string of the molecule is Fc1ccc([C@@H]2C[C@@H](N3CCN(CCN4CCCNC4=S)CC3)c3ccc(Cl)cc32)cc1. The molecule has 2 aliphatic heterocycles. The highest BCUT2D eigenvalue weighted by atomic mass is 35.5. The monoisotopic (exact) mass is 472 g/mol. The van der Waals surface area contributed by atoms with E-state index in [-0.39, 0.29) is 11.7 Å². The van der Waals surface area contributed by atoms with Gasteiger partial charge >= 0.3 is 0 Å².